The van der Waals surface area contributed by atoms with Crippen molar-refractivity contribution in [3.63, 3.8) is 0 Å². The molecule has 2 rings (SSSR count). The zero-order valence-corrected chi connectivity index (χ0v) is 11.8. The fourth-order valence-electron chi connectivity index (χ4n) is 2.45. The average molecular weight is 272 g/mol. The van der Waals surface area contributed by atoms with Crippen LogP contribution in [0.3, 0.4) is 0 Å². The van der Waals surface area contributed by atoms with Crippen LogP contribution in [0.2, 0.25) is 0 Å². The van der Waals surface area contributed by atoms with Gasteiger partial charge in [0.1, 0.15) is 5.82 Å². The highest BCUT2D eigenvalue weighted by Crippen LogP contribution is 2.20. The topological polar surface area (TPSA) is 20.2 Å². The van der Waals surface area contributed by atoms with Gasteiger partial charge in [0.15, 0.2) is 0 Å². The molecule has 0 saturated carbocycles. The molecule has 1 N–H and O–H groups in total. The van der Waals surface area contributed by atoms with Crippen molar-refractivity contribution in [3.8, 4) is 0 Å². The van der Waals surface area contributed by atoms with E-state index in [1.165, 1.54) is 17.7 Å². The van der Waals surface area contributed by atoms with E-state index >= 15 is 0 Å². The first-order valence-corrected chi connectivity index (χ1v) is 7.06. The second-order valence-corrected chi connectivity index (χ2v) is 5.64. The molecule has 2 aromatic rings. The first-order chi connectivity index (χ1) is 9.55. The summed E-state index contributed by atoms with van der Waals surface area (Å²) < 4.78 is 12.8. The summed E-state index contributed by atoms with van der Waals surface area (Å²) in [5, 5.41) is 10.4. The molecule has 0 fully saturated rings. The summed E-state index contributed by atoms with van der Waals surface area (Å²) >= 11 is 0. The van der Waals surface area contributed by atoms with Crippen LogP contribution in [0.5, 0.6) is 0 Å². The molecule has 0 aliphatic rings. The summed E-state index contributed by atoms with van der Waals surface area (Å²) in [5.74, 6) is -0.238. The molecule has 0 bridgehead atoms. The summed E-state index contributed by atoms with van der Waals surface area (Å²) in [6, 6.07) is 16.6. The van der Waals surface area contributed by atoms with Gasteiger partial charge in [0.2, 0.25) is 0 Å². The van der Waals surface area contributed by atoms with Crippen LogP contribution in [0, 0.1) is 5.82 Å². The highest BCUT2D eigenvalue weighted by Gasteiger charge is 2.20. The second-order valence-electron chi connectivity index (χ2n) is 5.64. The van der Waals surface area contributed by atoms with Crippen molar-refractivity contribution >= 4 is 0 Å². The Balaban J connectivity index is 1.83. The number of halogens is 1. The normalized spacial score (nSPS) is 13.9. The predicted molar refractivity (Wildman–Crippen MR) is 80.1 cm³/mol. The van der Waals surface area contributed by atoms with Crippen LogP contribution in [0.4, 0.5) is 4.39 Å². The maximum atomic E-state index is 12.8. The first-order valence-electron chi connectivity index (χ1n) is 7.06. The molecule has 2 heteroatoms. The number of hydrogen-bond acceptors (Lipinski definition) is 1. The zero-order valence-electron chi connectivity index (χ0n) is 11.8. The molecular formula is C18H21FO. The van der Waals surface area contributed by atoms with Crippen molar-refractivity contribution in [2.24, 2.45) is 0 Å². The molecule has 1 nitrogen and oxygen atoms in total. The smallest absolute Gasteiger partial charge is 0.123 e. The van der Waals surface area contributed by atoms with Crippen LogP contribution in [-0.4, -0.2) is 10.7 Å². The van der Waals surface area contributed by atoms with Crippen molar-refractivity contribution in [3.05, 3.63) is 71.5 Å². The maximum absolute atomic E-state index is 12.8. The summed E-state index contributed by atoms with van der Waals surface area (Å²) in [6.07, 6.45) is 3.21. The van der Waals surface area contributed by atoms with E-state index in [-0.39, 0.29) is 5.82 Å². The van der Waals surface area contributed by atoms with Crippen LogP contribution in [-0.2, 0) is 12.8 Å². The Bertz CT molecular complexity index is 517. The molecule has 0 amide bonds. The largest absolute Gasteiger partial charge is 0.390 e. The molecule has 0 aromatic heterocycles. The number of rotatable bonds is 6. The Morgan fingerprint density at radius 1 is 0.950 bits per heavy atom. The zero-order chi connectivity index (χ0) is 14.4. The molecule has 1 atom stereocenters. The van der Waals surface area contributed by atoms with Crippen LogP contribution in [0.15, 0.2) is 54.6 Å². The Morgan fingerprint density at radius 2 is 1.60 bits per heavy atom. The third kappa shape index (κ3) is 4.78. The van der Waals surface area contributed by atoms with Gasteiger partial charge in [-0.3, -0.25) is 0 Å². The first kappa shape index (κ1) is 14.7. The van der Waals surface area contributed by atoms with E-state index < -0.39 is 5.60 Å². The lowest BCUT2D eigenvalue weighted by Gasteiger charge is -2.23. The summed E-state index contributed by atoms with van der Waals surface area (Å²) in [7, 11) is 0. The molecule has 0 spiro atoms. The van der Waals surface area contributed by atoms with Gasteiger partial charge in [0, 0.05) is 6.42 Å². The Hall–Kier alpha value is -1.67. The molecule has 1 unspecified atom stereocenters. The van der Waals surface area contributed by atoms with E-state index in [2.05, 4.69) is 12.1 Å². The molecule has 2 aromatic carbocycles. The SMILES string of the molecule is CC(O)(CCCc1ccccc1)Cc1ccc(F)cc1. The number of benzene rings is 2. The van der Waals surface area contributed by atoms with E-state index in [4.69, 9.17) is 0 Å². The summed E-state index contributed by atoms with van der Waals surface area (Å²) in [6.45, 7) is 1.85. The average Bonchev–Trinajstić information content (AvgIpc) is 2.42. The summed E-state index contributed by atoms with van der Waals surface area (Å²) in [4.78, 5) is 0. The molecule has 0 heterocycles. The Morgan fingerprint density at radius 3 is 2.25 bits per heavy atom. The highest BCUT2D eigenvalue weighted by atomic mass is 19.1. The van der Waals surface area contributed by atoms with Crippen LogP contribution in [0.1, 0.15) is 30.9 Å². The van der Waals surface area contributed by atoms with E-state index in [0.717, 1.165) is 24.8 Å². The van der Waals surface area contributed by atoms with E-state index in [1.54, 1.807) is 12.1 Å². The molecular weight excluding hydrogens is 251 g/mol. The van der Waals surface area contributed by atoms with Gasteiger partial charge < -0.3 is 5.11 Å². The lowest BCUT2D eigenvalue weighted by Crippen LogP contribution is -2.27. The van der Waals surface area contributed by atoms with Gasteiger partial charge in [-0.2, -0.15) is 0 Å². The predicted octanol–water partition coefficient (Wildman–Crippen LogP) is 4.14. The van der Waals surface area contributed by atoms with Crippen LogP contribution < -0.4 is 0 Å². The molecule has 0 aliphatic heterocycles. The van der Waals surface area contributed by atoms with Gasteiger partial charge >= 0.3 is 0 Å². The van der Waals surface area contributed by atoms with Crippen LogP contribution in [0.25, 0.3) is 0 Å². The van der Waals surface area contributed by atoms with Gasteiger partial charge in [0.25, 0.3) is 0 Å². The van der Waals surface area contributed by atoms with Gasteiger partial charge in [-0.25, -0.2) is 4.39 Å². The highest BCUT2D eigenvalue weighted by molar-refractivity contribution is 5.18. The van der Waals surface area contributed by atoms with Crippen molar-refractivity contribution in [2.45, 2.75) is 38.2 Å². The van der Waals surface area contributed by atoms with Gasteiger partial charge in [0.05, 0.1) is 5.60 Å². The molecule has 106 valence electrons. The van der Waals surface area contributed by atoms with Crippen molar-refractivity contribution in [2.75, 3.05) is 0 Å². The Kier molecular flexibility index (Phi) is 4.91. The number of aryl methyl sites for hydroxylation is 1. The maximum Gasteiger partial charge on any atom is 0.123 e. The Labute approximate surface area is 120 Å². The van der Waals surface area contributed by atoms with Gasteiger partial charge in [-0.05, 0) is 49.4 Å². The van der Waals surface area contributed by atoms with Gasteiger partial charge in [-0.1, -0.05) is 42.5 Å². The van der Waals surface area contributed by atoms with E-state index in [0.29, 0.717) is 6.42 Å². The van der Waals surface area contributed by atoms with Crippen molar-refractivity contribution in [1.29, 1.82) is 0 Å². The fraction of sp³-hybridized carbons (Fsp3) is 0.333. The van der Waals surface area contributed by atoms with Gasteiger partial charge in [-0.15, -0.1) is 0 Å². The fourth-order valence-corrected chi connectivity index (χ4v) is 2.45. The monoisotopic (exact) mass is 272 g/mol. The van der Waals surface area contributed by atoms with E-state index in [9.17, 15) is 9.50 Å². The van der Waals surface area contributed by atoms with Crippen molar-refractivity contribution in [1.82, 2.24) is 0 Å². The minimum atomic E-state index is -0.743. The quantitative estimate of drug-likeness (QED) is 0.838. The minimum Gasteiger partial charge on any atom is -0.390 e. The number of hydrogen-bond donors (Lipinski definition) is 1. The standard InChI is InChI=1S/C18H21FO/c1-18(20,14-16-9-11-17(19)12-10-16)13-5-8-15-6-3-2-4-7-15/h2-4,6-7,9-12,20H,5,8,13-14H2,1H3. The molecule has 0 saturated heterocycles. The minimum absolute atomic E-state index is 0.238. The third-order valence-electron chi connectivity index (χ3n) is 3.52. The third-order valence-corrected chi connectivity index (χ3v) is 3.52. The van der Waals surface area contributed by atoms with Crippen molar-refractivity contribution < 1.29 is 9.50 Å². The lowest BCUT2D eigenvalue weighted by molar-refractivity contribution is 0.0493. The summed E-state index contributed by atoms with van der Waals surface area (Å²) in [5.41, 5.74) is 1.52. The molecule has 20 heavy (non-hydrogen) atoms. The molecule has 0 radical (unpaired) electrons. The lowest BCUT2D eigenvalue weighted by atomic mass is 9.90. The number of aliphatic hydroxyl groups is 1. The second kappa shape index (κ2) is 6.67. The van der Waals surface area contributed by atoms with Crippen LogP contribution >= 0.6 is 0 Å². The molecule has 0 aliphatic carbocycles. The van der Waals surface area contributed by atoms with E-state index in [1.807, 2.05) is 25.1 Å².